The Morgan fingerprint density at radius 3 is 2.93 bits per heavy atom. The number of aliphatic hydroxyl groups excluding tert-OH is 1. The normalized spacial score (nSPS) is 28.2. The minimum absolute atomic E-state index is 0.0575. The lowest BCUT2D eigenvalue weighted by molar-refractivity contribution is -0.0689. The zero-order valence-corrected chi connectivity index (χ0v) is 9.54. The summed E-state index contributed by atoms with van der Waals surface area (Å²) in [6.45, 7) is 3.91. The predicted molar refractivity (Wildman–Crippen MR) is 57.8 cm³/mol. The highest BCUT2D eigenvalue weighted by Crippen LogP contribution is 2.40. The zero-order valence-electron chi connectivity index (χ0n) is 8.73. The number of hydrogen-bond acceptors (Lipinski definition) is 4. The SMILES string of the molecule is CC1(C)C(O)CC1NC(=O)c1cncs1. The number of aliphatic hydroxyl groups is 1. The van der Waals surface area contributed by atoms with Crippen LogP contribution in [-0.4, -0.2) is 28.1 Å². The number of hydrogen-bond donors (Lipinski definition) is 2. The van der Waals surface area contributed by atoms with E-state index in [1.165, 1.54) is 11.3 Å². The van der Waals surface area contributed by atoms with Crippen LogP contribution in [0.3, 0.4) is 0 Å². The third-order valence-corrected chi connectivity index (χ3v) is 3.95. The van der Waals surface area contributed by atoms with Gasteiger partial charge in [0.05, 0.1) is 17.8 Å². The highest BCUT2D eigenvalue weighted by molar-refractivity contribution is 7.11. The lowest BCUT2D eigenvalue weighted by Crippen LogP contribution is -2.61. The molecule has 2 unspecified atom stereocenters. The number of rotatable bonds is 2. The van der Waals surface area contributed by atoms with Crippen LogP contribution in [0.25, 0.3) is 0 Å². The van der Waals surface area contributed by atoms with Gasteiger partial charge in [0.15, 0.2) is 0 Å². The molecule has 4 nitrogen and oxygen atoms in total. The van der Waals surface area contributed by atoms with Crippen LogP contribution in [0.1, 0.15) is 29.9 Å². The summed E-state index contributed by atoms with van der Waals surface area (Å²) in [5.41, 5.74) is 1.41. The van der Waals surface area contributed by atoms with E-state index in [0.29, 0.717) is 11.3 Å². The van der Waals surface area contributed by atoms with Crippen molar-refractivity contribution in [2.24, 2.45) is 5.41 Å². The molecule has 1 saturated carbocycles. The van der Waals surface area contributed by atoms with Crippen LogP contribution in [0.5, 0.6) is 0 Å². The minimum Gasteiger partial charge on any atom is -0.392 e. The average molecular weight is 226 g/mol. The number of nitrogens with zero attached hydrogens (tertiary/aromatic N) is 1. The van der Waals surface area contributed by atoms with Crippen molar-refractivity contribution in [1.29, 1.82) is 0 Å². The molecule has 1 aliphatic carbocycles. The summed E-state index contributed by atoms with van der Waals surface area (Å²) in [5, 5.41) is 12.4. The van der Waals surface area contributed by atoms with Crippen LogP contribution in [-0.2, 0) is 0 Å². The van der Waals surface area contributed by atoms with E-state index in [-0.39, 0.29) is 23.5 Å². The zero-order chi connectivity index (χ0) is 11.1. The van der Waals surface area contributed by atoms with E-state index in [1.807, 2.05) is 13.8 Å². The number of thiazole rings is 1. The summed E-state index contributed by atoms with van der Waals surface area (Å²) in [4.78, 5) is 16.2. The smallest absolute Gasteiger partial charge is 0.263 e. The summed E-state index contributed by atoms with van der Waals surface area (Å²) in [7, 11) is 0. The Labute approximate surface area is 92.3 Å². The summed E-state index contributed by atoms with van der Waals surface area (Å²) in [5.74, 6) is -0.0949. The van der Waals surface area contributed by atoms with E-state index in [9.17, 15) is 9.90 Å². The van der Waals surface area contributed by atoms with E-state index >= 15 is 0 Å². The lowest BCUT2D eigenvalue weighted by Gasteiger charge is -2.49. The quantitative estimate of drug-likeness (QED) is 0.791. The topological polar surface area (TPSA) is 62.2 Å². The lowest BCUT2D eigenvalue weighted by atomic mass is 9.64. The summed E-state index contributed by atoms with van der Waals surface area (Å²) in [6.07, 6.45) is 1.88. The summed E-state index contributed by atoms with van der Waals surface area (Å²) in [6, 6.07) is 0.0575. The standard InChI is InChI=1S/C10H14N2O2S/c1-10(2)7(3-8(10)13)12-9(14)6-4-11-5-15-6/h4-5,7-8,13H,3H2,1-2H3,(H,12,14). The van der Waals surface area contributed by atoms with Gasteiger partial charge in [-0.05, 0) is 6.42 Å². The maximum Gasteiger partial charge on any atom is 0.263 e. The van der Waals surface area contributed by atoms with Crippen molar-refractivity contribution < 1.29 is 9.90 Å². The van der Waals surface area contributed by atoms with Gasteiger partial charge in [0.1, 0.15) is 4.88 Å². The van der Waals surface area contributed by atoms with E-state index in [0.717, 1.165) is 0 Å². The Hall–Kier alpha value is -0.940. The molecule has 15 heavy (non-hydrogen) atoms. The van der Waals surface area contributed by atoms with Crippen LogP contribution in [0.4, 0.5) is 0 Å². The van der Waals surface area contributed by atoms with Gasteiger partial charge in [-0.25, -0.2) is 0 Å². The molecular formula is C10H14N2O2S. The van der Waals surface area contributed by atoms with E-state index in [4.69, 9.17) is 0 Å². The van der Waals surface area contributed by atoms with Gasteiger partial charge in [0.25, 0.3) is 5.91 Å². The van der Waals surface area contributed by atoms with Crippen molar-refractivity contribution in [3.05, 3.63) is 16.6 Å². The molecule has 2 N–H and O–H groups in total. The van der Waals surface area contributed by atoms with Gasteiger partial charge in [0, 0.05) is 11.5 Å². The molecular weight excluding hydrogens is 212 g/mol. The molecule has 0 bridgehead atoms. The highest BCUT2D eigenvalue weighted by Gasteiger charge is 2.48. The van der Waals surface area contributed by atoms with Crippen LogP contribution in [0, 0.1) is 5.41 Å². The van der Waals surface area contributed by atoms with E-state index in [2.05, 4.69) is 10.3 Å². The molecule has 0 aromatic carbocycles. The molecule has 2 atom stereocenters. The average Bonchev–Trinajstić information content (AvgIpc) is 2.70. The molecule has 1 fully saturated rings. The van der Waals surface area contributed by atoms with Crippen LogP contribution in [0.2, 0.25) is 0 Å². The van der Waals surface area contributed by atoms with E-state index < -0.39 is 0 Å². The molecule has 5 heteroatoms. The van der Waals surface area contributed by atoms with Crippen molar-refractivity contribution in [2.75, 3.05) is 0 Å². The molecule has 82 valence electrons. The predicted octanol–water partition coefficient (Wildman–Crippen LogP) is 1.03. The largest absolute Gasteiger partial charge is 0.392 e. The van der Waals surface area contributed by atoms with Crippen LogP contribution >= 0.6 is 11.3 Å². The monoisotopic (exact) mass is 226 g/mol. The number of aromatic nitrogens is 1. The maximum atomic E-state index is 11.7. The molecule has 1 heterocycles. The first kappa shape index (κ1) is 10.6. The summed E-state index contributed by atoms with van der Waals surface area (Å²) >= 11 is 1.32. The van der Waals surface area contributed by atoms with Gasteiger partial charge in [-0.15, -0.1) is 11.3 Å². The van der Waals surface area contributed by atoms with Crippen LogP contribution in [0.15, 0.2) is 11.7 Å². The minimum atomic E-state index is -0.315. The van der Waals surface area contributed by atoms with Gasteiger partial charge in [0.2, 0.25) is 0 Å². The summed E-state index contributed by atoms with van der Waals surface area (Å²) < 4.78 is 0. The maximum absolute atomic E-state index is 11.7. The molecule has 0 saturated heterocycles. The molecule has 0 aliphatic heterocycles. The molecule has 2 rings (SSSR count). The Morgan fingerprint density at radius 2 is 2.47 bits per heavy atom. The fourth-order valence-electron chi connectivity index (χ4n) is 1.70. The third-order valence-electron chi connectivity index (χ3n) is 3.18. The molecule has 1 aliphatic rings. The van der Waals surface area contributed by atoms with E-state index in [1.54, 1.807) is 11.7 Å². The highest BCUT2D eigenvalue weighted by atomic mass is 32.1. The first-order valence-corrected chi connectivity index (χ1v) is 5.77. The number of nitrogens with one attached hydrogen (secondary N) is 1. The van der Waals surface area contributed by atoms with Gasteiger partial charge in [-0.2, -0.15) is 0 Å². The second-order valence-electron chi connectivity index (χ2n) is 4.46. The Kier molecular flexibility index (Phi) is 2.52. The molecule has 1 amide bonds. The van der Waals surface area contributed by atoms with Crippen molar-refractivity contribution >= 4 is 17.2 Å². The van der Waals surface area contributed by atoms with Gasteiger partial charge < -0.3 is 10.4 Å². The molecule has 0 radical (unpaired) electrons. The Balaban J connectivity index is 1.97. The third kappa shape index (κ3) is 1.77. The first-order valence-electron chi connectivity index (χ1n) is 4.89. The Morgan fingerprint density at radius 1 is 1.73 bits per heavy atom. The van der Waals surface area contributed by atoms with Crippen molar-refractivity contribution in [2.45, 2.75) is 32.4 Å². The van der Waals surface area contributed by atoms with Crippen molar-refractivity contribution in [3.63, 3.8) is 0 Å². The second kappa shape index (κ2) is 3.57. The van der Waals surface area contributed by atoms with Gasteiger partial charge >= 0.3 is 0 Å². The number of amides is 1. The number of carbonyl (C=O) groups excluding carboxylic acids is 1. The number of carbonyl (C=O) groups is 1. The van der Waals surface area contributed by atoms with Crippen molar-refractivity contribution in [1.82, 2.24) is 10.3 Å². The fraction of sp³-hybridized carbons (Fsp3) is 0.600. The fourth-order valence-corrected chi connectivity index (χ4v) is 2.23. The molecule has 0 spiro atoms. The van der Waals surface area contributed by atoms with Gasteiger partial charge in [-0.3, -0.25) is 9.78 Å². The van der Waals surface area contributed by atoms with Gasteiger partial charge in [-0.1, -0.05) is 13.8 Å². The van der Waals surface area contributed by atoms with Crippen LogP contribution < -0.4 is 5.32 Å². The second-order valence-corrected chi connectivity index (χ2v) is 5.35. The Bertz CT molecular complexity index is 362. The molecule has 1 aromatic rings. The molecule has 1 aromatic heterocycles. The van der Waals surface area contributed by atoms with Crippen molar-refractivity contribution in [3.8, 4) is 0 Å². The first-order chi connectivity index (χ1) is 7.01.